The Hall–Kier alpha value is -2.42. The minimum absolute atomic E-state index is 0.00992. The SMILES string of the molecule is O=C1CCc2c(OC[C@@]3(O)CCN(c4ccc(Cl)cc4F)C[C@@H]3O)ccc(F)c2N1. The van der Waals surface area contributed by atoms with Crippen molar-refractivity contribution in [2.24, 2.45) is 0 Å². The first-order valence-corrected chi connectivity index (χ1v) is 9.99. The highest BCUT2D eigenvalue weighted by molar-refractivity contribution is 6.30. The van der Waals surface area contributed by atoms with E-state index in [1.165, 1.54) is 24.3 Å². The molecule has 2 aromatic rings. The van der Waals surface area contributed by atoms with Crippen molar-refractivity contribution in [2.75, 3.05) is 29.9 Å². The number of carbonyl (C=O) groups is 1. The summed E-state index contributed by atoms with van der Waals surface area (Å²) in [6.07, 6.45) is -0.534. The van der Waals surface area contributed by atoms with Crippen molar-refractivity contribution in [3.05, 3.63) is 52.6 Å². The molecule has 30 heavy (non-hydrogen) atoms. The molecule has 1 amide bonds. The third-order valence-electron chi connectivity index (χ3n) is 5.64. The molecule has 3 N–H and O–H groups in total. The summed E-state index contributed by atoms with van der Waals surface area (Å²) in [5, 5.41) is 24.3. The molecule has 2 aliphatic rings. The Balaban J connectivity index is 1.46. The zero-order valence-corrected chi connectivity index (χ0v) is 16.8. The van der Waals surface area contributed by atoms with E-state index in [1.807, 2.05) is 0 Å². The van der Waals surface area contributed by atoms with E-state index < -0.39 is 23.3 Å². The molecule has 0 aliphatic carbocycles. The highest BCUT2D eigenvalue weighted by Gasteiger charge is 2.42. The summed E-state index contributed by atoms with van der Waals surface area (Å²) < 4.78 is 34.0. The number of nitrogens with zero attached hydrogens (tertiary/aromatic N) is 1. The molecule has 4 rings (SSSR count). The average molecular weight is 439 g/mol. The molecule has 0 radical (unpaired) electrons. The number of nitrogens with one attached hydrogen (secondary N) is 1. The number of aliphatic hydroxyl groups is 2. The quantitative estimate of drug-likeness (QED) is 0.684. The van der Waals surface area contributed by atoms with Gasteiger partial charge in [-0.15, -0.1) is 0 Å². The second kappa shape index (κ2) is 8.02. The molecule has 2 atom stereocenters. The molecule has 0 aromatic heterocycles. The molecule has 6 nitrogen and oxygen atoms in total. The minimum Gasteiger partial charge on any atom is -0.490 e. The van der Waals surface area contributed by atoms with Crippen molar-refractivity contribution in [3.63, 3.8) is 0 Å². The standard InChI is InChI=1S/C21H21ClF2N2O4/c22-12-1-4-16(15(24)9-12)26-8-7-21(29,18(27)10-26)11-30-17-5-3-14(23)20-13(17)2-6-19(28)25-20/h1,3-5,9,18,27,29H,2,6-8,10-11H2,(H,25,28)/t18-,21-/m0/s1. The van der Waals surface area contributed by atoms with Crippen LogP contribution in [-0.2, 0) is 11.2 Å². The van der Waals surface area contributed by atoms with Crippen molar-refractivity contribution in [3.8, 4) is 5.75 Å². The van der Waals surface area contributed by atoms with Gasteiger partial charge in [-0.25, -0.2) is 8.78 Å². The highest BCUT2D eigenvalue weighted by atomic mass is 35.5. The Labute approximate surface area is 177 Å². The lowest BCUT2D eigenvalue weighted by atomic mass is 9.89. The van der Waals surface area contributed by atoms with Gasteiger partial charge in [0.25, 0.3) is 0 Å². The van der Waals surface area contributed by atoms with Gasteiger partial charge < -0.3 is 25.2 Å². The second-order valence-electron chi connectivity index (χ2n) is 7.65. The van der Waals surface area contributed by atoms with Gasteiger partial charge in [-0.05, 0) is 43.2 Å². The zero-order valence-electron chi connectivity index (χ0n) is 16.0. The van der Waals surface area contributed by atoms with Gasteiger partial charge >= 0.3 is 0 Å². The van der Waals surface area contributed by atoms with E-state index in [9.17, 15) is 23.8 Å². The minimum atomic E-state index is -1.56. The number of aliphatic hydroxyl groups excluding tert-OH is 1. The highest BCUT2D eigenvalue weighted by Crippen LogP contribution is 2.35. The van der Waals surface area contributed by atoms with Crippen LogP contribution in [0.1, 0.15) is 18.4 Å². The predicted octanol–water partition coefficient (Wildman–Crippen LogP) is 2.88. The van der Waals surface area contributed by atoms with Crippen LogP contribution >= 0.6 is 11.6 Å². The van der Waals surface area contributed by atoms with Gasteiger partial charge in [-0.2, -0.15) is 0 Å². The maximum atomic E-state index is 14.2. The van der Waals surface area contributed by atoms with Crippen molar-refractivity contribution in [1.82, 2.24) is 0 Å². The summed E-state index contributed by atoms with van der Waals surface area (Å²) in [4.78, 5) is 13.2. The van der Waals surface area contributed by atoms with E-state index in [1.54, 1.807) is 11.0 Å². The molecule has 160 valence electrons. The third-order valence-corrected chi connectivity index (χ3v) is 5.88. The zero-order chi connectivity index (χ0) is 21.5. The first-order valence-electron chi connectivity index (χ1n) is 9.61. The Morgan fingerprint density at radius 3 is 2.77 bits per heavy atom. The first kappa shape index (κ1) is 20.8. The monoisotopic (exact) mass is 438 g/mol. The normalized spacial score (nSPS) is 23.7. The first-order chi connectivity index (χ1) is 14.3. The number of halogens is 3. The number of β-amino-alcohol motifs (C(OH)–C–C–N with tert-alkyl or cyclic N) is 1. The van der Waals surface area contributed by atoms with Crippen LogP contribution in [0.3, 0.4) is 0 Å². The fourth-order valence-corrected chi connectivity index (χ4v) is 4.01. The molecule has 2 aliphatic heterocycles. The molecule has 2 heterocycles. The molecule has 1 saturated heterocycles. The lowest BCUT2D eigenvalue weighted by molar-refractivity contribution is -0.116. The molecule has 0 saturated carbocycles. The fourth-order valence-electron chi connectivity index (χ4n) is 3.85. The van der Waals surface area contributed by atoms with E-state index >= 15 is 0 Å². The fraction of sp³-hybridized carbons (Fsp3) is 0.381. The van der Waals surface area contributed by atoms with Crippen LogP contribution in [0.25, 0.3) is 0 Å². The molecule has 9 heteroatoms. The molecule has 1 fully saturated rings. The van der Waals surface area contributed by atoms with Crippen molar-refractivity contribution < 1.29 is 28.5 Å². The topological polar surface area (TPSA) is 82.0 Å². The predicted molar refractivity (Wildman–Crippen MR) is 108 cm³/mol. The average Bonchev–Trinajstić information content (AvgIpc) is 2.70. The van der Waals surface area contributed by atoms with Gasteiger partial charge in [0.1, 0.15) is 35.7 Å². The summed E-state index contributed by atoms with van der Waals surface area (Å²) in [5.41, 5.74) is -0.652. The van der Waals surface area contributed by atoms with Crippen LogP contribution < -0.4 is 15.0 Å². The van der Waals surface area contributed by atoms with Gasteiger partial charge in [-0.3, -0.25) is 4.79 Å². The van der Waals surface area contributed by atoms with Crippen molar-refractivity contribution >= 4 is 28.9 Å². The van der Waals surface area contributed by atoms with Crippen LogP contribution in [0.2, 0.25) is 5.02 Å². The summed E-state index contributed by atoms with van der Waals surface area (Å²) in [7, 11) is 0. The molecule has 0 spiro atoms. The van der Waals surface area contributed by atoms with Crippen LogP contribution in [0.4, 0.5) is 20.2 Å². The Morgan fingerprint density at radius 1 is 1.23 bits per heavy atom. The number of benzene rings is 2. The smallest absolute Gasteiger partial charge is 0.224 e. The van der Waals surface area contributed by atoms with Gasteiger partial charge in [0.05, 0.1) is 11.4 Å². The number of ether oxygens (including phenoxy) is 1. The van der Waals surface area contributed by atoms with Crippen LogP contribution in [0, 0.1) is 11.6 Å². The largest absolute Gasteiger partial charge is 0.490 e. The molecular weight excluding hydrogens is 418 g/mol. The number of rotatable bonds is 4. The molecule has 0 unspecified atom stereocenters. The summed E-state index contributed by atoms with van der Waals surface area (Å²) in [6.45, 7) is 0.0835. The van der Waals surface area contributed by atoms with Crippen LogP contribution in [0.5, 0.6) is 5.75 Å². The molecule has 0 bridgehead atoms. The lowest BCUT2D eigenvalue weighted by Gasteiger charge is -2.42. The summed E-state index contributed by atoms with van der Waals surface area (Å²) >= 11 is 5.79. The van der Waals surface area contributed by atoms with Crippen molar-refractivity contribution in [1.29, 1.82) is 0 Å². The van der Waals surface area contributed by atoms with Gasteiger partial charge in [-0.1, -0.05) is 11.6 Å². The number of carbonyl (C=O) groups excluding carboxylic acids is 1. The lowest BCUT2D eigenvalue weighted by Crippen LogP contribution is -2.58. The number of hydrogen-bond acceptors (Lipinski definition) is 5. The van der Waals surface area contributed by atoms with E-state index in [-0.39, 0.29) is 42.6 Å². The number of hydrogen-bond donors (Lipinski definition) is 3. The second-order valence-corrected chi connectivity index (χ2v) is 8.08. The summed E-state index contributed by atoms with van der Waals surface area (Å²) in [5.74, 6) is -0.980. The molecule has 2 aromatic carbocycles. The van der Waals surface area contributed by atoms with Crippen LogP contribution in [-0.4, -0.2) is 47.5 Å². The Morgan fingerprint density at radius 2 is 2.03 bits per heavy atom. The van der Waals surface area contributed by atoms with E-state index in [0.717, 1.165) is 0 Å². The maximum absolute atomic E-state index is 14.2. The summed E-state index contributed by atoms with van der Waals surface area (Å²) in [6, 6.07) is 6.92. The third kappa shape index (κ3) is 3.95. The molecular formula is C21H21ClF2N2O4. The van der Waals surface area contributed by atoms with E-state index in [0.29, 0.717) is 30.0 Å². The Bertz CT molecular complexity index is 990. The van der Waals surface area contributed by atoms with Gasteiger partial charge in [0.15, 0.2) is 0 Å². The number of piperidine rings is 1. The Kier molecular flexibility index (Phi) is 5.57. The van der Waals surface area contributed by atoms with Crippen molar-refractivity contribution in [2.45, 2.75) is 31.0 Å². The van der Waals surface area contributed by atoms with Gasteiger partial charge in [0.2, 0.25) is 5.91 Å². The number of amides is 1. The number of fused-ring (bicyclic) bond motifs is 1. The van der Waals surface area contributed by atoms with E-state index in [2.05, 4.69) is 5.32 Å². The van der Waals surface area contributed by atoms with Crippen LogP contribution in [0.15, 0.2) is 30.3 Å². The van der Waals surface area contributed by atoms with E-state index in [4.69, 9.17) is 16.3 Å². The van der Waals surface area contributed by atoms with Gasteiger partial charge in [0, 0.05) is 30.1 Å². The maximum Gasteiger partial charge on any atom is 0.224 e. The number of anilines is 2.